The van der Waals surface area contributed by atoms with Gasteiger partial charge in [-0.25, -0.2) is 9.18 Å². The highest BCUT2D eigenvalue weighted by Crippen LogP contribution is 2.44. The zero-order valence-corrected chi connectivity index (χ0v) is 18.5. The third-order valence-electron chi connectivity index (χ3n) is 5.91. The zero-order chi connectivity index (χ0) is 24.6. The Hall–Kier alpha value is -3.53. The lowest BCUT2D eigenvalue weighted by atomic mass is 9.83. The van der Waals surface area contributed by atoms with E-state index in [0.29, 0.717) is 28.7 Å². The van der Waals surface area contributed by atoms with Crippen LogP contribution >= 0.6 is 11.8 Å². The molecule has 0 radical (unpaired) electrons. The summed E-state index contributed by atoms with van der Waals surface area (Å²) in [5.74, 6) is -1.17. The quantitative estimate of drug-likeness (QED) is 0.371. The Morgan fingerprint density at radius 2 is 1.79 bits per heavy atom. The first-order chi connectivity index (χ1) is 15.9. The van der Waals surface area contributed by atoms with Gasteiger partial charge in [0, 0.05) is 22.1 Å². The SMILES string of the molecule is CC1(C)c2cc(F)ccc2-n2c1cc1oc(=O)c(Sc3cccc(C(F)(F)F)c3)c(O)c1c2=O. The summed E-state index contributed by atoms with van der Waals surface area (Å²) < 4.78 is 59.7. The minimum absolute atomic E-state index is 0.0278. The van der Waals surface area contributed by atoms with Crippen LogP contribution in [-0.2, 0) is 11.6 Å². The van der Waals surface area contributed by atoms with Crippen molar-refractivity contribution in [1.82, 2.24) is 4.57 Å². The number of pyridine rings is 1. The van der Waals surface area contributed by atoms with Crippen LogP contribution in [0.15, 0.2) is 72.3 Å². The van der Waals surface area contributed by atoms with E-state index < -0.39 is 44.8 Å². The summed E-state index contributed by atoms with van der Waals surface area (Å²) in [5, 5.41) is 10.6. The van der Waals surface area contributed by atoms with E-state index in [1.807, 2.05) is 0 Å². The van der Waals surface area contributed by atoms with Crippen molar-refractivity contribution in [3.05, 3.63) is 91.9 Å². The number of hydrogen-bond acceptors (Lipinski definition) is 5. The maximum absolute atomic E-state index is 13.9. The second kappa shape index (κ2) is 7.23. The van der Waals surface area contributed by atoms with Gasteiger partial charge in [-0.05, 0) is 42.0 Å². The molecule has 34 heavy (non-hydrogen) atoms. The number of hydrogen-bond donors (Lipinski definition) is 1. The molecule has 0 saturated heterocycles. The summed E-state index contributed by atoms with van der Waals surface area (Å²) in [6.07, 6.45) is -4.59. The third kappa shape index (κ3) is 3.24. The van der Waals surface area contributed by atoms with Crippen LogP contribution in [0.2, 0.25) is 0 Å². The van der Waals surface area contributed by atoms with Crippen LogP contribution in [-0.4, -0.2) is 9.67 Å². The summed E-state index contributed by atoms with van der Waals surface area (Å²) in [6.45, 7) is 3.57. The normalized spacial score (nSPS) is 14.3. The van der Waals surface area contributed by atoms with Gasteiger partial charge in [-0.15, -0.1) is 0 Å². The molecule has 1 N–H and O–H groups in total. The van der Waals surface area contributed by atoms with Crippen molar-refractivity contribution < 1.29 is 27.1 Å². The lowest BCUT2D eigenvalue weighted by molar-refractivity contribution is -0.137. The predicted octanol–water partition coefficient (Wildman–Crippen LogP) is 5.60. The molecule has 2 aromatic heterocycles. The van der Waals surface area contributed by atoms with Crippen LogP contribution in [0, 0.1) is 5.82 Å². The first-order valence-electron chi connectivity index (χ1n) is 10.0. The lowest BCUT2D eigenvalue weighted by Crippen LogP contribution is -2.24. The van der Waals surface area contributed by atoms with Gasteiger partial charge in [0.1, 0.15) is 21.7 Å². The zero-order valence-electron chi connectivity index (χ0n) is 17.7. The minimum atomic E-state index is -4.59. The number of halogens is 4. The molecule has 5 rings (SSSR count). The molecule has 174 valence electrons. The second-order valence-electron chi connectivity index (χ2n) is 8.39. The summed E-state index contributed by atoms with van der Waals surface area (Å²) >= 11 is 0.561. The molecule has 0 saturated carbocycles. The van der Waals surface area contributed by atoms with Gasteiger partial charge in [0.15, 0.2) is 5.75 Å². The fourth-order valence-electron chi connectivity index (χ4n) is 4.23. The van der Waals surface area contributed by atoms with Gasteiger partial charge in [0.25, 0.3) is 5.56 Å². The Morgan fingerprint density at radius 1 is 1.06 bits per heavy atom. The Bertz CT molecular complexity index is 1620. The average molecular weight is 489 g/mol. The molecule has 1 aliphatic heterocycles. The summed E-state index contributed by atoms with van der Waals surface area (Å²) in [7, 11) is 0. The van der Waals surface area contributed by atoms with E-state index >= 15 is 0 Å². The predicted molar refractivity (Wildman–Crippen MR) is 117 cm³/mol. The third-order valence-corrected chi connectivity index (χ3v) is 6.96. The number of benzene rings is 2. The Balaban J connectivity index is 1.73. The Labute approximate surface area is 193 Å². The molecule has 0 bridgehead atoms. The van der Waals surface area contributed by atoms with Gasteiger partial charge >= 0.3 is 11.8 Å². The van der Waals surface area contributed by atoms with Crippen LogP contribution in [0.25, 0.3) is 16.7 Å². The van der Waals surface area contributed by atoms with E-state index in [2.05, 4.69) is 0 Å². The van der Waals surface area contributed by atoms with E-state index in [-0.39, 0.29) is 15.9 Å². The van der Waals surface area contributed by atoms with Crippen molar-refractivity contribution >= 4 is 22.7 Å². The molecular formula is C24H15F4NO4S. The van der Waals surface area contributed by atoms with Gasteiger partial charge in [-0.2, -0.15) is 13.2 Å². The smallest absolute Gasteiger partial charge is 0.416 e. The van der Waals surface area contributed by atoms with Crippen LogP contribution < -0.4 is 11.2 Å². The van der Waals surface area contributed by atoms with E-state index in [4.69, 9.17) is 4.42 Å². The maximum atomic E-state index is 13.9. The number of nitrogens with zero attached hydrogens (tertiary/aromatic N) is 1. The number of rotatable bonds is 2. The molecule has 4 aromatic rings. The van der Waals surface area contributed by atoms with Crippen molar-refractivity contribution in [2.24, 2.45) is 0 Å². The molecule has 0 fully saturated rings. The van der Waals surface area contributed by atoms with Crippen LogP contribution in [0.5, 0.6) is 5.75 Å². The van der Waals surface area contributed by atoms with Crippen LogP contribution in [0.1, 0.15) is 30.7 Å². The molecule has 0 atom stereocenters. The van der Waals surface area contributed by atoms with Crippen molar-refractivity contribution in [2.75, 3.05) is 0 Å². The van der Waals surface area contributed by atoms with Gasteiger partial charge < -0.3 is 9.52 Å². The van der Waals surface area contributed by atoms with E-state index in [9.17, 15) is 32.3 Å². The lowest BCUT2D eigenvalue weighted by Gasteiger charge is -2.20. The monoisotopic (exact) mass is 489 g/mol. The van der Waals surface area contributed by atoms with Gasteiger partial charge in [0.05, 0.1) is 11.3 Å². The largest absolute Gasteiger partial charge is 0.505 e. The molecular weight excluding hydrogens is 474 g/mol. The fraction of sp³-hybridized carbons (Fsp3) is 0.167. The van der Waals surface area contributed by atoms with Crippen LogP contribution in [0.3, 0.4) is 0 Å². The number of fused-ring (bicyclic) bond motifs is 4. The molecule has 0 spiro atoms. The number of alkyl halides is 3. The summed E-state index contributed by atoms with van der Waals surface area (Å²) in [5.41, 5.74) is -2.20. The van der Waals surface area contributed by atoms with E-state index in [1.54, 1.807) is 13.8 Å². The molecule has 0 amide bonds. The Morgan fingerprint density at radius 3 is 2.50 bits per heavy atom. The average Bonchev–Trinajstić information content (AvgIpc) is 2.97. The maximum Gasteiger partial charge on any atom is 0.416 e. The standard InChI is InChI=1S/C24H15F4NO4S/c1-23(2)14-9-12(25)6-7-15(14)29-17(23)10-16-18(21(29)31)19(30)20(22(32)33-16)34-13-5-3-4-11(8-13)24(26,27)28/h3-10,30H,1-2H3. The summed E-state index contributed by atoms with van der Waals surface area (Å²) in [6, 6.07) is 9.63. The first-order valence-corrected chi connectivity index (χ1v) is 10.8. The van der Waals surface area contributed by atoms with Crippen molar-refractivity contribution in [3.63, 3.8) is 0 Å². The van der Waals surface area contributed by atoms with Crippen molar-refractivity contribution in [1.29, 1.82) is 0 Å². The highest BCUT2D eigenvalue weighted by atomic mass is 32.2. The molecule has 2 aromatic carbocycles. The Kier molecular flexibility index (Phi) is 4.74. The number of aromatic hydroxyl groups is 1. The molecule has 0 unspecified atom stereocenters. The van der Waals surface area contributed by atoms with Gasteiger partial charge in [0.2, 0.25) is 0 Å². The van der Waals surface area contributed by atoms with Crippen LogP contribution in [0.4, 0.5) is 17.6 Å². The fourth-order valence-corrected chi connectivity index (χ4v) is 5.12. The summed E-state index contributed by atoms with van der Waals surface area (Å²) in [4.78, 5) is 25.7. The second-order valence-corrected chi connectivity index (χ2v) is 9.47. The first kappa shape index (κ1) is 22.3. The molecule has 5 nitrogen and oxygen atoms in total. The molecule has 3 heterocycles. The topological polar surface area (TPSA) is 72.4 Å². The number of aromatic nitrogens is 1. The molecule has 1 aliphatic rings. The highest BCUT2D eigenvalue weighted by Gasteiger charge is 2.38. The highest BCUT2D eigenvalue weighted by molar-refractivity contribution is 7.99. The van der Waals surface area contributed by atoms with Gasteiger partial charge in [-0.1, -0.05) is 31.7 Å². The molecule has 10 heteroatoms. The van der Waals surface area contributed by atoms with E-state index in [0.717, 1.165) is 12.1 Å². The molecule has 0 aliphatic carbocycles. The van der Waals surface area contributed by atoms with E-state index in [1.165, 1.54) is 41.0 Å². The van der Waals surface area contributed by atoms with Crippen molar-refractivity contribution in [3.8, 4) is 11.4 Å². The van der Waals surface area contributed by atoms with Crippen molar-refractivity contribution in [2.45, 2.75) is 35.2 Å². The van der Waals surface area contributed by atoms with Gasteiger partial charge in [-0.3, -0.25) is 9.36 Å². The minimum Gasteiger partial charge on any atom is -0.505 e.